The van der Waals surface area contributed by atoms with E-state index in [2.05, 4.69) is 4.99 Å². The van der Waals surface area contributed by atoms with Crippen molar-refractivity contribution in [2.45, 2.75) is 0 Å². The van der Waals surface area contributed by atoms with Gasteiger partial charge in [0.15, 0.2) is 5.17 Å². The molecule has 0 spiro atoms. The first-order valence-electron chi connectivity index (χ1n) is 5.85. The fourth-order valence-electron chi connectivity index (χ4n) is 1.65. The number of aliphatic imine (C=N–C) groups is 1. The van der Waals surface area contributed by atoms with Gasteiger partial charge in [-0.2, -0.15) is 4.99 Å². The lowest BCUT2D eigenvalue weighted by Crippen LogP contribution is -2.09. The number of thioether (sulfide) groups is 1. The number of carbonyl (C=O) groups is 2. The molecule has 0 heterocycles. The predicted octanol–water partition coefficient (Wildman–Crippen LogP) is 2.74. The zero-order chi connectivity index (χ0) is 14.4. The van der Waals surface area contributed by atoms with Crippen molar-refractivity contribution in [3.05, 3.63) is 59.5 Å². The van der Waals surface area contributed by atoms with E-state index in [1.807, 2.05) is 30.3 Å². The lowest BCUT2D eigenvalue weighted by Gasteiger charge is -2.00. The molecule has 1 amide bonds. The van der Waals surface area contributed by atoms with Crippen LogP contribution in [0, 0.1) is 0 Å². The van der Waals surface area contributed by atoms with Crippen LogP contribution in [0.1, 0.15) is 10.4 Å². The maximum absolute atomic E-state index is 12.0. The number of rotatable bonds is 3. The summed E-state index contributed by atoms with van der Waals surface area (Å²) in [6.07, 6.45) is 1.92. The van der Waals surface area contributed by atoms with Gasteiger partial charge in [-0.15, -0.1) is 0 Å². The first-order chi connectivity index (χ1) is 9.70. The summed E-state index contributed by atoms with van der Waals surface area (Å²) in [7, 11) is 0. The molecule has 5 heteroatoms. The van der Waals surface area contributed by atoms with Crippen molar-refractivity contribution < 1.29 is 9.59 Å². The molecule has 0 aliphatic carbocycles. The van der Waals surface area contributed by atoms with Gasteiger partial charge in [0.05, 0.1) is 0 Å². The van der Waals surface area contributed by atoms with E-state index in [-0.39, 0.29) is 5.17 Å². The Bertz CT molecular complexity index is 708. The number of nitrogens with two attached hydrogens (primary N) is 1. The number of benzene rings is 2. The summed E-state index contributed by atoms with van der Waals surface area (Å²) in [6, 6.07) is 13.1. The highest BCUT2D eigenvalue weighted by molar-refractivity contribution is 8.16. The molecule has 4 nitrogen and oxygen atoms in total. The first kappa shape index (κ1) is 14.0. The van der Waals surface area contributed by atoms with Crippen molar-refractivity contribution in [1.82, 2.24) is 0 Å². The second-order valence-electron chi connectivity index (χ2n) is 3.90. The van der Waals surface area contributed by atoms with Crippen LogP contribution in [0.2, 0.25) is 0 Å². The van der Waals surface area contributed by atoms with Crippen molar-refractivity contribution in [1.29, 1.82) is 0 Å². The van der Waals surface area contributed by atoms with Gasteiger partial charge in [-0.3, -0.25) is 9.59 Å². The lowest BCUT2D eigenvalue weighted by atomic mass is 10.1. The number of aldehydes is 1. The lowest BCUT2D eigenvalue weighted by molar-refractivity contribution is -0.104. The molecule has 0 fully saturated rings. The Balaban J connectivity index is 2.20. The van der Waals surface area contributed by atoms with Gasteiger partial charge in [0.2, 0.25) is 0 Å². The summed E-state index contributed by atoms with van der Waals surface area (Å²) >= 11 is 1.02. The highest BCUT2D eigenvalue weighted by Crippen LogP contribution is 2.16. The van der Waals surface area contributed by atoms with Gasteiger partial charge in [0.25, 0.3) is 5.91 Å². The summed E-state index contributed by atoms with van der Waals surface area (Å²) in [5, 5.41) is 3.60. The molecule has 20 heavy (non-hydrogen) atoms. The van der Waals surface area contributed by atoms with Gasteiger partial charge in [-0.1, -0.05) is 42.1 Å². The maximum atomic E-state index is 12.0. The Kier molecular flexibility index (Phi) is 4.68. The second-order valence-corrected chi connectivity index (χ2v) is 4.83. The fraction of sp³-hybridized carbons (Fsp3) is 0. The third-order valence-electron chi connectivity index (χ3n) is 2.55. The van der Waals surface area contributed by atoms with Crippen LogP contribution in [0.15, 0.2) is 58.9 Å². The molecule has 0 atom stereocenters. The van der Waals surface area contributed by atoms with Crippen LogP contribution in [-0.2, 0) is 4.79 Å². The van der Waals surface area contributed by atoms with Crippen molar-refractivity contribution in [2.24, 2.45) is 10.7 Å². The minimum atomic E-state index is -0.403. The topological polar surface area (TPSA) is 72.5 Å². The van der Waals surface area contributed by atoms with Gasteiger partial charge in [-0.05, 0) is 34.4 Å². The normalized spacial score (nSPS) is 11.9. The zero-order valence-corrected chi connectivity index (χ0v) is 11.3. The van der Waals surface area contributed by atoms with E-state index in [9.17, 15) is 9.59 Å². The average molecular weight is 284 g/mol. The number of hydrogen-bond donors (Lipinski definition) is 1. The Labute approximate surface area is 120 Å². The molecule has 2 aromatic carbocycles. The third kappa shape index (κ3) is 3.55. The number of fused-ring (bicyclic) bond motifs is 1. The first-order valence-corrected chi connectivity index (χ1v) is 6.73. The highest BCUT2D eigenvalue weighted by atomic mass is 32.2. The number of allylic oxidation sites excluding steroid dienone is 1. The molecule has 0 saturated carbocycles. The minimum Gasteiger partial charge on any atom is -0.378 e. The molecule has 0 aliphatic heterocycles. The molecule has 0 aromatic heterocycles. The molecule has 0 bridgehead atoms. The molecule has 0 aliphatic rings. The molecule has 2 aromatic rings. The van der Waals surface area contributed by atoms with Crippen LogP contribution in [0.5, 0.6) is 0 Å². The fourth-order valence-corrected chi connectivity index (χ4v) is 2.07. The van der Waals surface area contributed by atoms with Crippen LogP contribution in [-0.4, -0.2) is 17.4 Å². The van der Waals surface area contributed by atoms with Crippen molar-refractivity contribution in [3.8, 4) is 0 Å². The van der Waals surface area contributed by atoms with E-state index in [4.69, 9.17) is 5.73 Å². The van der Waals surface area contributed by atoms with Crippen LogP contribution in [0.25, 0.3) is 10.8 Å². The van der Waals surface area contributed by atoms with E-state index in [1.165, 1.54) is 11.5 Å². The number of nitrogens with zero attached hydrogens (tertiary/aromatic N) is 1. The van der Waals surface area contributed by atoms with Gasteiger partial charge in [0.1, 0.15) is 6.29 Å². The minimum absolute atomic E-state index is 0.0984. The van der Waals surface area contributed by atoms with Crippen molar-refractivity contribution >= 4 is 39.9 Å². The summed E-state index contributed by atoms with van der Waals surface area (Å²) < 4.78 is 0. The molecule has 0 radical (unpaired) electrons. The van der Waals surface area contributed by atoms with Crippen molar-refractivity contribution in [3.63, 3.8) is 0 Å². The number of carbonyl (C=O) groups excluding carboxylic acids is 2. The van der Waals surface area contributed by atoms with E-state index in [0.29, 0.717) is 11.8 Å². The standard InChI is InChI=1S/C15H12N2O2S/c16-15(20-9-3-8-18)17-14(19)13-7-6-11-4-1-2-5-12(11)10-13/h1-10H,(H2,16,17,19)/b9-3+. The quantitative estimate of drug-likeness (QED) is 0.407. The van der Waals surface area contributed by atoms with E-state index in [0.717, 1.165) is 22.5 Å². The molecule has 2 rings (SSSR count). The summed E-state index contributed by atoms with van der Waals surface area (Å²) in [5.74, 6) is -0.403. The monoisotopic (exact) mass is 284 g/mol. The van der Waals surface area contributed by atoms with Gasteiger partial charge < -0.3 is 5.73 Å². The smallest absolute Gasteiger partial charge is 0.279 e. The van der Waals surface area contributed by atoms with Crippen molar-refractivity contribution in [2.75, 3.05) is 0 Å². The highest BCUT2D eigenvalue weighted by Gasteiger charge is 2.06. The predicted molar refractivity (Wildman–Crippen MR) is 82.7 cm³/mol. The van der Waals surface area contributed by atoms with E-state index in [1.54, 1.807) is 12.1 Å². The Hall–Kier alpha value is -2.40. The third-order valence-corrected chi connectivity index (χ3v) is 3.18. The van der Waals surface area contributed by atoms with Gasteiger partial charge in [0, 0.05) is 5.56 Å². The van der Waals surface area contributed by atoms with Crippen LogP contribution in [0.3, 0.4) is 0 Å². The van der Waals surface area contributed by atoms with Crippen LogP contribution in [0.4, 0.5) is 0 Å². The molecular formula is C15H12N2O2S. The average Bonchev–Trinajstić information content (AvgIpc) is 2.47. The number of hydrogen-bond acceptors (Lipinski definition) is 3. The molecule has 0 saturated heterocycles. The van der Waals surface area contributed by atoms with E-state index >= 15 is 0 Å². The SMILES string of the molecule is NC(=NC(=O)c1ccc2ccccc2c1)S/C=C/C=O. The Morgan fingerprint density at radius 3 is 2.65 bits per heavy atom. The Morgan fingerprint density at radius 2 is 1.90 bits per heavy atom. The van der Waals surface area contributed by atoms with Gasteiger partial charge >= 0.3 is 0 Å². The van der Waals surface area contributed by atoms with Gasteiger partial charge in [-0.25, -0.2) is 0 Å². The summed E-state index contributed by atoms with van der Waals surface area (Å²) in [4.78, 5) is 25.8. The largest absolute Gasteiger partial charge is 0.378 e. The maximum Gasteiger partial charge on any atom is 0.279 e. The molecule has 100 valence electrons. The second kappa shape index (κ2) is 6.68. The van der Waals surface area contributed by atoms with Crippen LogP contribution >= 0.6 is 11.8 Å². The number of amides is 1. The van der Waals surface area contributed by atoms with Crippen LogP contribution < -0.4 is 5.73 Å². The Morgan fingerprint density at radius 1 is 1.15 bits per heavy atom. The van der Waals surface area contributed by atoms with E-state index < -0.39 is 5.91 Å². The molecular weight excluding hydrogens is 272 g/mol. The summed E-state index contributed by atoms with van der Waals surface area (Å²) in [6.45, 7) is 0. The summed E-state index contributed by atoms with van der Waals surface area (Å²) in [5.41, 5.74) is 6.07. The molecule has 0 unspecified atom stereocenters. The number of amidine groups is 1. The molecule has 2 N–H and O–H groups in total. The zero-order valence-electron chi connectivity index (χ0n) is 10.5.